The number of methoxy groups -OCH3 is 3. The van der Waals surface area contributed by atoms with Crippen molar-refractivity contribution in [2.45, 2.75) is 11.3 Å². The molecule has 3 aromatic rings. The molecule has 29 heavy (non-hydrogen) atoms. The molecule has 0 saturated heterocycles. The number of hydrogen-bond donors (Lipinski definition) is 1. The highest BCUT2D eigenvalue weighted by atomic mass is 32.2. The number of thiazole rings is 1. The molecular formula is C19H20N2O6S2. The van der Waals surface area contributed by atoms with Crippen LogP contribution in [0.3, 0.4) is 0 Å². The summed E-state index contributed by atoms with van der Waals surface area (Å²) in [4.78, 5) is 16.7. The quantitative estimate of drug-likeness (QED) is 0.578. The average Bonchev–Trinajstić information content (AvgIpc) is 3.12. The summed E-state index contributed by atoms with van der Waals surface area (Å²) in [6.45, 7) is 0. The fourth-order valence-electron chi connectivity index (χ4n) is 2.62. The summed E-state index contributed by atoms with van der Waals surface area (Å²) in [5.41, 5.74) is 0.647. The summed E-state index contributed by atoms with van der Waals surface area (Å²) >= 11 is 1.27. The lowest BCUT2D eigenvalue weighted by Crippen LogP contribution is -2.17. The van der Waals surface area contributed by atoms with Gasteiger partial charge < -0.3 is 19.5 Å². The van der Waals surface area contributed by atoms with E-state index in [-0.39, 0.29) is 17.1 Å². The Morgan fingerprint density at radius 3 is 2.31 bits per heavy atom. The van der Waals surface area contributed by atoms with Crippen LogP contribution >= 0.6 is 11.3 Å². The molecule has 1 N–H and O–H groups in total. The highest BCUT2D eigenvalue weighted by Crippen LogP contribution is 2.36. The second-order valence-corrected chi connectivity index (χ2v) is 9.13. The molecule has 154 valence electrons. The molecule has 0 bridgehead atoms. The van der Waals surface area contributed by atoms with Crippen molar-refractivity contribution in [1.29, 1.82) is 0 Å². The minimum absolute atomic E-state index is 0.144. The Labute approximate surface area is 172 Å². The van der Waals surface area contributed by atoms with Crippen molar-refractivity contribution in [3.63, 3.8) is 0 Å². The topological polar surface area (TPSA) is 104 Å². The number of fused-ring (bicyclic) bond motifs is 1. The van der Waals surface area contributed by atoms with E-state index in [9.17, 15) is 13.2 Å². The predicted octanol–water partition coefficient (Wildman–Crippen LogP) is 3.12. The van der Waals surface area contributed by atoms with Gasteiger partial charge >= 0.3 is 0 Å². The van der Waals surface area contributed by atoms with Gasteiger partial charge in [0.15, 0.2) is 26.5 Å². The van der Waals surface area contributed by atoms with Gasteiger partial charge in [0.2, 0.25) is 5.91 Å². The Kier molecular flexibility index (Phi) is 6.23. The third kappa shape index (κ3) is 4.77. The minimum Gasteiger partial charge on any atom is -0.497 e. The first-order valence-electron chi connectivity index (χ1n) is 8.55. The maximum absolute atomic E-state index is 12.4. The standard InChI is InChI=1S/C19H20N2O6S2/c1-25-12-4-6-13(7-5-12)29(23,24)9-8-18(22)21-19-20-14-10-15(26-2)16(27-3)11-17(14)28-19/h4-7,10-11H,8-9H2,1-3H3,(H,20,21,22). The van der Waals surface area contributed by atoms with Gasteiger partial charge in [0.1, 0.15) is 5.75 Å². The van der Waals surface area contributed by atoms with Crippen molar-refractivity contribution in [2.24, 2.45) is 0 Å². The molecule has 1 aromatic heterocycles. The number of anilines is 1. The Bertz CT molecular complexity index is 1080. The molecule has 1 heterocycles. The summed E-state index contributed by atoms with van der Waals surface area (Å²) in [6.07, 6.45) is -0.184. The molecule has 3 rings (SSSR count). The fourth-order valence-corrected chi connectivity index (χ4v) is 4.75. The minimum atomic E-state index is -3.58. The number of hydrogen-bond acceptors (Lipinski definition) is 8. The molecule has 2 aromatic carbocycles. The molecule has 8 nitrogen and oxygen atoms in total. The van der Waals surface area contributed by atoms with Crippen LogP contribution in [0.2, 0.25) is 0 Å². The predicted molar refractivity (Wildman–Crippen MR) is 111 cm³/mol. The second kappa shape index (κ2) is 8.66. The molecule has 0 aliphatic heterocycles. The van der Waals surface area contributed by atoms with Gasteiger partial charge in [0, 0.05) is 18.6 Å². The molecule has 0 aliphatic carbocycles. The van der Waals surface area contributed by atoms with E-state index in [2.05, 4.69) is 10.3 Å². The van der Waals surface area contributed by atoms with Crippen molar-refractivity contribution in [3.8, 4) is 17.2 Å². The van der Waals surface area contributed by atoms with Crippen molar-refractivity contribution in [1.82, 2.24) is 4.98 Å². The van der Waals surface area contributed by atoms with Crippen LogP contribution in [0, 0.1) is 0 Å². The van der Waals surface area contributed by atoms with Gasteiger partial charge in [-0.15, -0.1) is 0 Å². The van der Waals surface area contributed by atoms with Gasteiger partial charge in [0.25, 0.3) is 0 Å². The van der Waals surface area contributed by atoms with Gasteiger partial charge in [-0.2, -0.15) is 0 Å². The first-order valence-corrected chi connectivity index (χ1v) is 11.0. The lowest BCUT2D eigenvalue weighted by Gasteiger charge is -2.06. The molecule has 0 aliphatic rings. The van der Waals surface area contributed by atoms with Crippen molar-refractivity contribution >= 4 is 42.4 Å². The summed E-state index contributed by atoms with van der Waals surface area (Å²) < 4.78 is 41.2. The van der Waals surface area contributed by atoms with E-state index in [1.54, 1.807) is 24.3 Å². The molecular weight excluding hydrogens is 416 g/mol. The Morgan fingerprint density at radius 2 is 1.69 bits per heavy atom. The molecule has 1 amide bonds. The van der Waals surface area contributed by atoms with Crippen molar-refractivity contribution in [3.05, 3.63) is 36.4 Å². The molecule has 0 radical (unpaired) electrons. The molecule has 10 heteroatoms. The average molecular weight is 437 g/mol. The number of carbonyl (C=O) groups is 1. The van der Waals surface area contributed by atoms with Crippen LogP contribution < -0.4 is 19.5 Å². The molecule has 0 unspecified atom stereocenters. The first-order chi connectivity index (χ1) is 13.9. The highest BCUT2D eigenvalue weighted by molar-refractivity contribution is 7.91. The zero-order valence-electron chi connectivity index (χ0n) is 16.1. The van der Waals surface area contributed by atoms with E-state index in [1.165, 1.54) is 44.8 Å². The van der Waals surface area contributed by atoms with Crippen LogP contribution in [-0.4, -0.2) is 46.4 Å². The molecule has 0 fully saturated rings. The second-order valence-electron chi connectivity index (χ2n) is 5.99. The fraction of sp³-hybridized carbons (Fsp3) is 0.263. The number of nitrogens with zero attached hydrogens (tertiary/aromatic N) is 1. The van der Waals surface area contributed by atoms with Crippen LogP contribution in [0.5, 0.6) is 17.2 Å². The van der Waals surface area contributed by atoms with E-state index in [1.807, 2.05) is 0 Å². The Hall–Kier alpha value is -2.85. The van der Waals surface area contributed by atoms with Crippen molar-refractivity contribution < 1.29 is 27.4 Å². The van der Waals surface area contributed by atoms with Gasteiger partial charge in [-0.05, 0) is 24.3 Å². The van der Waals surface area contributed by atoms with Crippen LogP contribution in [0.25, 0.3) is 10.2 Å². The third-order valence-electron chi connectivity index (χ3n) is 4.16. The normalized spacial score (nSPS) is 11.3. The number of ether oxygens (including phenoxy) is 3. The zero-order valence-corrected chi connectivity index (χ0v) is 17.7. The van der Waals surface area contributed by atoms with E-state index < -0.39 is 15.7 Å². The summed E-state index contributed by atoms with van der Waals surface area (Å²) in [5, 5.41) is 3.03. The number of amides is 1. The summed E-state index contributed by atoms with van der Waals surface area (Å²) in [7, 11) is 0.988. The highest BCUT2D eigenvalue weighted by Gasteiger charge is 2.18. The van der Waals surface area contributed by atoms with Crippen LogP contribution in [0.1, 0.15) is 6.42 Å². The van der Waals surface area contributed by atoms with Crippen LogP contribution in [0.15, 0.2) is 41.3 Å². The zero-order chi connectivity index (χ0) is 21.0. The van der Waals surface area contributed by atoms with E-state index in [0.29, 0.717) is 27.9 Å². The third-order valence-corrected chi connectivity index (χ3v) is 6.82. The van der Waals surface area contributed by atoms with Gasteiger partial charge in [-0.1, -0.05) is 11.3 Å². The van der Waals surface area contributed by atoms with E-state index in [4.69, 9.17) is 14.2 Å². The first kappa shape index (κ1) is 20.9. The number of rotatable bonds is 8. The maximum Gasteiger partial charge on any atom is 0.227 e. The van der Waals surface area contributed by atoms with Crippen molar-refractivity contribution in [2.75, 3.05) is 32.4 Å². The number of nitrogens with one attached hydrogen (secondary N) is 1. The smallest absolute Gasteiger partial charge is 0.227 e. The largest absolute Gasteiger partial charge is 0.497 e. The monoisotopic (exact) mass is 436 g/mol. The summed E-state index contributed by atoms with van der Waals surface area (Å²) in [6, 6.07) is 9.54. The van der Waals surface area contributed by atoms with Gasteiger partial charge in [-0.25, -0.2) is 13.4 Å². The van der Waals surface area contributed by atoms with Gasteiger partial charge in [0.05, 0.1) is 42.2 Å². The summed E-state index contributed by atoms with van der Waals surface area (Å²) in [5.74, 6) is 0.921. The molecule has 0 spiro atoms. The SMILES string of the molecule is COc1ccc(S(=O)(=O)CCC(=O)Nc2nc3cc(OC)c(OC)cc3s2)cc1. The number of carbonyl (C=O) groups excluding carboxylic acids is 1. The Balaban J connectivity index is 1.67. The van der Waals surface area contributed by atoms with Crippen LogP contribution in [-0.2, 0) is 14.6 Å². The van der Waals surface area contributed by atoms with E-state index in [0.717, 1.165) is 4.70 Å². The number of benzene rings is 2. The number of sulfone groups is 1. The molecule has 0 saturated carbocycles. The lowest BCUT2D eigenvalue weighted by atomic mass is 10.3. The van der Waals surface area contributed by atoms with E-state index >= 15 is 0 Å². The Morgan fingerprint density at radius 1 is 1.03 bits per heavy atom. The lowest BCUT2D eigenvalue weighted by molar-refractivity contribution is -0.115. The molecule has 0 atom stereocenters. The van der Waals surface area contributed by atoms with Gasteiger partial charge in [-0.3, -0.25) is 4.79 Å². The maximum atomic E-state index is 12.4. The van der Waals surface area contributed by atoms with Crippen LogP contribution in [0.4, 0.5) is 5.13 Å². The number of aromatic nitrogens is 1.